The van der Waals surface area contributed by atoms with E-state index in [2.05, 4.69) is 0 Å². The van der Waals surface area contributed by atoms with Crippen molar-refractivity contribution in [3.8, 4) is 5.75 Å². The van der Waals surface area contributed by atoms with Crippen molar-refractivity contribution < 1.29 is 22.3 Å². The number of benzene rings is 2. The lowest BCUT2D eigenvalue weighted by atomic mass is 9.75. The quantitative estimate of drug-likeness (QED) is 0.432. The van der Waals surface area contributed by atoms with Crippen molar-refractivity contribution >= 4 is 23.5 Å². The van der Waals surface area contributed by atoms with Crippen molar-refractivity contribution in [2.24, 2.45) is 0 Å². The van der Waals surface area contributed by atoms with E-state index < -0.39 is 28.5 Å². The lowest BCUT2D eigenvalue weighted by Gasteiger charge is -2.31. The number of fused-ring (bicyclic) bond motifs is 1. The number of allylic oxidation sites excluding steroid dienone is 2. The minimum atomic E-state index is -4.73. The Morgan fingerprint density at radius 2 is 1.93 bits per heavy atom. The van der Waals surface area contributed by atoms with E-state index in [-0.39, 0.29) is 11.4 Å². The standard InChI is InChI=1S/C22H21ClF4N2O/c1-4-29-18-8-5-13(30-3)11-16(18)21(2,19(29)9-10-28)12-14-15(22(25,26)27)6-7-17(23)20(14)24/h5-11,28H,4,12H2,1-3H3/b19-9-,28-10?. The van der Waals surface area contributed by atoms with Crippen LogP contribution in [-0.2, 0) is 18.0 Å². The molecular weight excluding hydrogens is 420 g/mol. The number of likely N-dealkylation sites (N-methyl/N-ethyl adjacent to an activating group) is 1. The topological polar surface area (TPSA) is 36.3 Å². The third-order valence-corrected chi connectivity index (χ3v) is 5.83. The van der Waals surface area contributed by atoms with Gasteiger partial charge in [0.1, 0.15) is 11.6 Å². The van der Waals surface area contributed by atoms with Gasteiger partial charge in [-0.2, -0.15) is 13.2 Å². The third-order valence-electron chi connectivity index (χ3n) is 5.53. The summed E-state index contributed by atoms with van der Waals surface area (Å²) in [5.41, 5.74) is -0.507. The minimum Gasteiger partial charge on any atom is -0.497 e. The van der Waals surface area contributed by atoms with E-state index in [0.717, 1.165) is 24.0 Å². The molecule has 0 bridgehead atoms. The SMILES string of the molecule is CCN1/C(=C\C=N)C(C)(Cc2c(C(F)(F)F)ccc(Cl)c2F)c2cc(OC)ccc21. The molecule has 0 fully saturated rings. The van der Waals surface area contributed by atoms with E-state index >= 15 is 0 Å². The van der Waals surface area contributed by atoms with Crippen LogP contribution in [0.2, 0.25) is 5.02 Å². The molecule has 1 N–H and O–H groups in total. The summed E-state index contributed by atoms with van der Waals surface area (Å²) in [6.45, 7) is 4.17. The van der Waals surface area contributed by atoms with Crippen LogP contribution in [0.3, 0.4) is 0 Å². The number of alkyl halides is 3. The molecule has 30 heavy (non-hydrogen) atoms. The van der Waals surface area contributed by atoms with Gasteiger partial charge in [-0.25, -0.2) is 4.39 Å². The first kappa shape index (κ1) is 22.2. The Hall–Kier alpha value is -2.54. The predicted octanol–water partition coefficient (Wildman–Crippen LogP) is 6.38. The number of nitrogens with zero attached hydrogens (tertiary/aromatic N) is 1. The zero-order chi connectivity index (χ0) is 22.3. The molecule has 0 radical (unpaired) electrons. The van der Waals surface area contributed by atoms with Gasteiger partial charge < -0.3 is 15.0 Å². The van der Waals surface area contributed by atoms with Crippen molar-refractivity contribution in [1.29, 1.82) is 5.41 Å². The summed E-state index contributed by atoms with van der Waals surface area (Å²) in [6, 6.07) is 7.06. The van der Waals surface area contributed by atoms with Crippen LogP contribution in [0.15, 0.2) is 42.1 Å². The highest BCUT2D eigenvalue weighted by atomic mass is 35.5. The third kappa shape index (κ3) is 3.55. The molecule has 160 valence electrons. The van der Waals surface area contributed by atoms with Gasteiger partial charge in [0.2, 0.25) is 0 Å². The molecule has 0 amide bonds. The fourth-order valence-electron chi connectivity index (χ4n) is 4.15. The zero-order valence-corrected chi connectivity index (χ0v) is 17.5. The van der Waals surface area contributed by atoms with Crippen molar-refractivity contribution in [3.63, 3.8) is 0 Å². The van der Waals surface area contributed by atoms with Crippen molar-refractivity contribution in [2.75, 3.05) is 18.6 Å². The molecular formula is C22H21ClF4N2O. The number of rotatable bonds is 5. The van der Waals surface area contributed by atoms with Crippen LogP contribution in [0, 0.1) is 11.2 Å². The molecule has 1 aliphatic rings. The molecule has 1 atom stereocenters. The second-order valence-electron chi connectivity index (χ2n) is 7.24. The van der Waals surface area contributed by atoms with Crippen LogP contribution in [-0.4, -0.2) is 19.9 Å². The first-order valence-corrected chi connectivity index (χ1v) is 9.67. The molecule has 2 aromatic rings. The smallest absolute Gasteiger partial charge is 0.416 e. The maximum Gasteiger partial charge on any atom is 0.416 e. The molecule has 0 spiro atoms. The van der Waals surface area contributed by atoms with Gasteiger partial charge in [-0.1, -0.05) is 11.6 Å². The second-order valence-corrected chi connectivity index (χ2v) is 7.65. The van der Waals surface area contributed by atoms with E-state index in [0.29, 0.717) is 23.6 Å². The molecule has 3 nitrogen and oxygen atoms in total. The summed E-state index contributed by atoms with van der Waals surface area (Å²) in [4.78, 5) is 1.91. The minimum absolute atomic E-state index is 0.287. The maximum absolute atomic E-state index is 14.9. The maximum atomic E-state index is 14.9. The summed E-state index contributed by atoms with van der Waals surface area (Å²) in [7, 11) is 1.50. The van der Waals surface area contributed by atoms with Gasteiger partial charge in [0.15, 0.2) is 0 Å². The average Bonchev–Trinajstić information content (AvgIpc) is 2.92. The van der Waals surface area contributed by atoms with Crippen LogP contribution in [0.4, 0.5) is 23.2 Å². The average molecular weight is 441 g/mol. The summed E-state index contributed by atoms with van der Waals surface area (Å²) >= 11 is 5.84. The highest BCUT2D eigenvalue weighted by Crippen LogP contribution is 2.52. The fraction of sp³-hybridized carbons (Fsp3) is 0.318. The summed E-state index contributed by atoms with van der Waals surface area (Å²) in [5, 5.41) is 7.20. The van der Waals surface area contributed by atoms with Gasteiger partial charge >= 0.3 is 6.18 Å². The Kier molecular flexibility index (Phi) is 5.87. The number of methoxy groups -OCH3 is 1. The largest absolute Gasteiger partial charge is 0.497 e. The van der Waals surface area contributed by atoms with Gasteiger partial charge in [-0.05, 0) is 62.2 Å². The number of ether oxygens (including phenoxy) is 1. The van der Waals surface area contributed by atoms with Gasteiger partial charge in [-0.3, -0.25) is 0 Å². The Balaban J connectivity index is 2.28. The van der Waals surface area contributed by atoms with Crippen LogP contribution < -0.4 is 9.64 Å². The number of hydrogen-bond donors (Lipinski definition) is 1. The zero-order valence-electron chi connectivity index (χ0n) is 16.7. The molecule has 8 heteroatoms. The first-order valence-electron chi connectivity index (χ1n) is 9.29. The van der Waals surface area contributed by atoms with E-state index in [1.807, 2.05) is 17.9 Å². The van der Waals surface area contributed by atoms with Gasteiger partial charge in [0, 0.05) is 35.1 Å². The highest BCUT2D eigenvalue weighted by molar-refractivity contribution is 6.30. The van der Waals surface area contributed by atoms with E-state index in [1.165, 1.54) is 13.2 Å². The lowest BCUT2D eigenvalue weighted by Crippen LogP contribution is -2.32. The van der Waals surface area contributed by atoms with Gasteiger partial charge in [-0.15, -0.1) is 0 Å². The summed E-state index contributed by atoms with van der Waals surface area (Å²) < 4.78 is 61.2. The Bertz CT molecular complexity index is 1020. The van der Waals surface area contributed by atoms with Crippen molar-refractivity contribution in [1.82, 2.24) is 0 Å². The van der Waals surface area contributed by atoms with Gasteiger partial charge in [0.05, 0.1) is 17.7 Å². The Labute approximate surface area is 177 Å². The molecule has 1 aliphatic heterocycles. The lowest BCUT2D eigenvalue weighted by molar-refractivity contribution is -0.138. The molecule has 0 saturated heterocycles. The molecule has 0 aliphatic carbocycles. The number of anilines is 1. The van der Waals surface area contributed by atoms with Gasteiger partial charge in [0.25, 0.3) is 0 Å². The molecule has 2 aromatic carbocycles. The molecule has 1 heterocycles. The van der Waals surface area contributed by atoms with Crippen LogP contribution in [0.5, 0.6) is 5.75 Å². The van der Waals surface area contributed by atoms with Crippen molar-refractivity contribution in [2.45, 2.75) is 31.9 Å². The summed E-state index contributed by atoms with van der Waals surface area (Å²) in [6.07, 6.45) is -2.41. The molecule has 3 rings (SSSR count). The Morgan fingerprint density at radius 1 is 1.23 bits per heavy atom. The van der Waals surface area contributed by atoms with E-state index in [4.69, 9.17) is 21.7 Å². The monoisotopic (exact) mass is 440 g/mol. The van der Waals surface area contributed by atoms with Crippen molar-refractivity contribution in [3.05, 3.63) is 69.6 Å². The van der Waals surface area contributed by atoms with Crippen LogP contribution >= 0.6 is 11.6 Å². The fourth-order valence-corrected chi connectivity index (χ4v) is 4.33. The molecule has 1 unspecified atom stereocenters. The number of halogens is 5. The van der Waals surface area contributed by atoms with Crippen LogP contribution in [0.25, 0.3) is 0 Å². The highest BCUT2D eigenvalue weighted by Gasteiger charge is 2.46. The normalized spacial score (nSPS) is 19.9. The predicted molar refractivity (Wildman–Crippen MR) is 110 cm³/mol. The van der Waals surface area contributed by atoms with E-state index in [9.17, 15) is 17.6 Å². The number of hydrogen-bond acceptors (Lipinski definition) is 3. The first-order chi connectivity index (χ1) is 14.1. The van der Waals surface area contributed by atoms with Crippen LogP contribution in [0.1, 0.15) is 30.5 Å². The van der Waals surface area contributed by atoms with E-state index in [1.54, 1.807) is 19.1 Å². The molecule has 0 aromatic heterocycles. The Morgan fingerprint density at radius 3 is 2.50 bits per heavy atom. The summed E-state index contributed by atoms with van der Waals surface area (Å²) in [5.74, 6) is -0.545. The molecule has 0 saturated carbocycles. The number of nitrogens with one attached hydrogen (secondary N) is 1. The second kappa shape index (κ2) is 7.95.